The normalized spacial score (nSPS) is 10.8. The molecular weight excluding hydrogens is 280 g/mol. The molecule has 96 valence electrons. The summed E-state index contributed by atoms with van der Waals surface area (Å²) in [5.41, 5.74) is 7.41. The van der Waals surface area contributed by atoms with E-state index in [0.717, 1.165) is 15.8 Å². The third-order valence-electron chi connectivity index (χ3n) is 2.72. The van der Waals surface area contributed by atoms with Crippen molar-refractivity contribution < 1.29 is 4.74 Å². The molecule has 0 atom stereocenters. The SMILES string of the molecule is NCc1ccc(Oc2nc3ccccc3s2)cc1Cl. The molecule has 1 aromatic heterocycles. The highest BCUT2D eigenvalue weighted by Gasteiger charge is 2.07. The van der Waals surface area contributed by atoms with Gasteiger partial charge in [0.05, 0.1) is 10.2 Å². The summed E-state index contributed by atoms with van der Waals surface area (Å²) in [5, 5.41) is 1.22. The van der Waals surface area contributed by atoms with E-state index in [9.17, 15) is 0 Å². The summed E-state index contributed by atoms with van der Waals surface area (Å²) in [6.45, 7) is 0.417. The van der Waals surface area contributed by atoms with Crippen LogP contribution in [0, 0.1) is 0 Å². The van der Waals surface area contributed by atoms with E-state index in [-0.39, 0.29) is 0 Å². The number of para-hydroxylation sites is 1. The smallest absolute Gasteiger partial charge is 0.279 e. The predicted molar refractivity (Wildman–Crippen MR) is 79.0 cm³/mol. The molecule has 0 spiro atoms. The number of benzene rings is 2. The van der Waals surface area contributed by atoms with Gasteiger partial charge in [-0.1, -0.05) is 41.1 Å². The van der Waals surface area contributed by atoms with Gasteiger partial charge in [0.15, 0.2) is 0 Å². The predicted octanol–water partition coefficient (Wildman–Crippen LogP) is 4.20. The lowest BCUT2D eigenvalue weighted by molar-refractivity contribution is 0.480. The van der Waals surface area contributed by atoms with E-state index in [1.807, 2.05) is 36.4 Å². The Balaban J connectivity index is 1.90. The summed E-state index contributed by atoms with van der Waals surface area (Å²) in [7, 11) is 0. The van der Waals surface area contributed by atoms with Gasteiger partial charge in [-0.25, -0.2) is 4.98 Å². The number of hydrogen-bond donors (Lipinski definition) is 1. The van der Waals surface area contributed by atoms with Gasteiger partial charge in [0.25, 0.3) is 5.19 Å². The first-order valence-electron chi connectivity index (χ1n) is 5.78. The topological polar surface area (TPSA) is 48.1 Å². The van der Waals surface area contributed by atoms with Crippen LogP contribution in [0.25, 0.3) is 10.2 Å². The number of rotatable bonds is 3. The Kier molecular flexibility index (Phi) is 3.38. The standard InChI is InChI=1S/C14H11ClN2OS/c15-11-7-10(6-5-9(11)8-16)18-14-17-12-3-1-2-4-13(12)19-14/h1-7H,8,16H2. The maximum absolute atomic E-state index is 6.10. The maximum atomic E-state index is 6.10. The number of aromatic nitrogens is 1. The molecule has 0 fully saturated rings. The fourth-order valence-corrected chi connectivity index (χ4v) is 2.84. The largest absolute Gasteiger partial charge is 0.431 e. The van der Waals surface area contributed by atoms with E-state index in [1.54, 1.807) is 6.07 Å². The van der Waals surface area contributed by atoms with Crippen molar-refractivity contribution in [2.75, 3.05) is 0 Å². The lowest BCUT2D eigenvalue weighted by Crippen LogP contribution is -1.97. The Labute approximate surface area is 119 Å². The molecule has 1 heterocycles. The van der Waals surface area contributed by atoms with E-state index in [0.29, 0.717) is 22.5 Å². The van der Waals surface area contributed by atoms with Crippen molar-refractivity contribution in [2.24, 2.45) is 5.73 Å². The Hall–Kier alpha value is -1.62. The van der Waals surface area contributed by atoms with Gasteiger partial charge >= 0.3 is 0 Å². The molecule has 0 saturated heterocycles. The average molecular weight is 291 g/mol. The third kappa shape index (κ3) is 2.56. The van der Waals surface area contributed by atoms with Gasteiger partial charge in [-0.15, -0.1) is 0 Å². The molecule has 0 unspecified atom stereocenters. The molecule has 3 rings (SSSR count). The molecule has 5 heteroatoms. The summed E-state index contributed by atoms with van der Waals surface area (Å²) in [5.74, 6) is 0.668. The minimum Gasteiger partial charge on any atom is -0.431 e. The minimum atomic E-state index is 0.417. The molecule has 0 aliphatic rings. The Bertz CT molecular complexity index is 693. The second-order valence-corrected chi connectivity index (χ2v) is 5.41. The number of fused-ring (bicyclic) bond motifs is 1. The zero-order valence-electron chi connectivity index (χ0n) is 9.97. The van der Waals surface area contributed by atoms with Crippen LogP contribution in [0.5, 0.6) is 10.9 Å². The Morgan fingerprint density at radius 3 is 2.79 bits per heavy atom. The molecule has 3 nitrogen and oxygen atoms in total. The van der Waals surface area contributed by atoms with E-state index in [1.165, 1.54) is 11.3 Å². The molecule has 0 aliphatic carbocycles. The number of hydrogen-bond acceptors (Lipinski definition) is 4. The quantitative estimate of drug-likeness (QED) is 0.786. The van der Waals surface area contributed by atoms with Crippen molar-refractivity contribution in [3.05, 3.63) is 53.1 Å². The van der Waals surface area contributed by atoms with Crippen molar-refractivity contribution in [3.8, 4) is 10.9 Å². The van der Waals surface area contributed by atoms with Gasteiger partial charge in [-0.05, 0) is 29.8 Å². The van der Waals surface area contributed by atoms with Gasteiger partial charge < -0.3 is 10.5 Å². The average Bonchev–Trinajstić information content (AvgIpc) is 2.81. The molecule has 0 radical (unpaired) electrons. The summed E-state index contributed by atoms with van der Waals surface area (Å²) in [6, 6.07) is 13.4. The number of halogens is 1. The van der Waals surface area contributed by atoms with Gasteiger partial charge in [-0.2, -0.15) is 0 Å². The van der Waals surface area contributed by atoms with Gasteiger partial charge in [0.1, 0.15) is 5.75 Å². The van der Waals surface area contributed by atoms with Crippen LogP contribution >= 0.6 is 22.9 Å². The number of thiazole rings is 1. The van der Waals surface area contributed by atoms with Crippen LogP contribution in [0.1, 0.15) is 5.56 Å². The van der Waals surface area contributed by atoms with Crippen molar-refractivity contribution >= 4 is 33.2 Å². The number of nitrogens with zero attached hydrogens (tertiary/aromatic N) is 1. The van der Waals surface area contributed by atoms with Crippen molar-refractivity contribution in [2.45, 2.75) is 6.54 Å². The highest BCUT2D eigenvalue weighted by atomic mass is 35.5. The summed E-state index contributed by atoms with van der Waals surface area (Å²) >= 11 is 7.60. The number of nitrogens with two attached hydrogens (primary N) is 1. The molecule has 0 aliphatic heterocycles. The minimum absolute atomic E-state index is 0.417. The summed E-state index contributed by atoms with van der Waals surface area (Å²) in [6.07, 6.45) is 0. The molecule has 2 N–H and O–H groups in total. The molecule has 19 heavy (non-hydrogen) atoms. The number of ether oxygens (including phenoxy) is 1. The first-order valence-corrected chi connectivity index (χ1v) is 6.97. The summed E-state index contributed by atoms with van der Waals surface area (Å²) < 4.78 is 6.83. The monoisotopic (exact) mass is 290 g/mol. The van der Waals surface area contributed by atoms with Crippen LogP contribution in [0.3, 0.4) is 0 Å². The molecule has 0 saturated carbocycles. The van der Waals surface area contributed by atoms with Crippen LogP contribution in [0.4, 0.5) is 0 Å². The van der Waals surface area contributed by atoms with Crippen LogP contribution < -0.4 is 10.5 Å². The molecule has 2 aromatic carbocycles. The second kappa shape index (κ2) is 5.17. The van der Waals surface area contributed by atoms with Crippen LogP contribution in [-0.4, -0.2) is 4.98 Å². The van der Waals surface area contributed by atoms with Crippen molar-refractivity contribution in [3.63, 3.8) is 0 Å². The van der Waals surface area contributed by atoms with E-state index >= 15 is 0 Å². The fraction of sp³-hybridized carbons (Fsp3) is 0.0714. The van der Waals surface area contributed by atoms with Gasteiger partial charge in [0, 0.05) is 11.6 Å². The molecule has 3 aromatic rings. The van der Waals surface area contributed by atoms with Crippen LogP contribution in [-0.2, 0) is 6.54 Å². The first-order chi connectivity index (χ1) is 9.26. The lowest BCUT2D eigenvalue weighted by atomic mass is 10.2. The zero-order chi connectivity index (χ0) is 13.2. The zero-order valence-corrected chi connectivity index (χ0v) is 11.5. The van der Waals surface area contributed by atoms with Crippen LogP contribution in [0.2, 0.25) is 5.02 Å². The van der Waals surface area contributed by atoms with E-state index < -0.39 is 0 Å². The van der Waals surface area contributed by atoms with Crippen molar-refractivity contribution in [1.82, 2.24) is 4.98 Å². The fourth-order valence-electron chi connectivity index (χ4n) is 1.75. The highest BCUT2D eigenvalue weighted by Crippen LogP contribution is 2.32. The molecule has 0 amide bonds. The third-order valence-corrected chi connectivity index (χ3v) is 3.99. The van der Waals surface area contributed by atoms with E-state index in [2.05, 4.69) is 4.98 Å². The van der Waals surface area contributed by atoms with Gasteiger partial charge in [-0.3, -0.25) is 0 Å². The maximum Gasteiger partial charge on any atom is 0.279 e. The van der Waals surface area contributed by atoms with Gasteiger partial charge in [0.2, 0.25) is 0 Å². The van der Waals surface area contributed by atoms with E-state index in [4.69, 9.17) is 22.1 Å². The first kappa shape index (κ1) is 12.4. The molecular formula is C14H11ClN2OS. The second-order valence-electron chi connectivity index (χ2n) is 4.01. The Morgan fingerprint density at radius 2 is 2.05 bits per heavy atom. The van der Waals surface area contributed by atoms with Crippen molar-refractivity contribution in [1.29, 1.82) is 0 Å². The lowest BCUT2D eigenvalue weighted by Gasteiger charge is -2.04. The summed E-state index contributed by atoms with van der Waals surface area (Å²) in [4.78, 5) is 4.41. The molecule has 0 bridgehead atoms. The van der Waals surface area contributed by atoms with Crippen LogP contribution in [0.15, 0.2) is 42.5 Å². The Morgan fingerprint density at radius 1 is 1.21 bits per heavy atom. The highest BCUT2D eigenvalue weighted by molar-refractivity contribution is 7.20.